The van der Waals surface area contributed by atoms with Crippen molar-refractivity contribution in [1.29, 1.82) is 0 Å². The quantitative estimate of drug-likeness (QED) is 0.268. The molecule has 0 bridgehead atoms. The maximum absolute atomic E-state index is 10.9. The molecule has 6 nitrogen and oxygen atoms in total. The third-order valence-electron chi connectivity index (χ3n) is 1.14. The third kappa shape index (κ3) is 4.18. The van der Waals surface area contributed by atoms with Gasteiger partial charge in [0.25, 0.3) is 0 Å². The fourth-order valence-corrected chi connectivity index (χ4v) is 0.566. The van der Waals surface area contributed by atoms with Gasteiger partial charge in [-0.2, -0.15) is 4.79 Å². The summed E-state index contributed by atoms with van der Waals surface area (Å²) in [5.41, 5.74) is 7.90. The Balaban J connectivity index is 4.03. The Morgan fingerprint density at radius 1 is 1.50 bits per heavy atom. The van der Waals surface area contributed by atoms with Crippen molar-refractivity contribution >= 4 is 17.7 Å². The van der Waals surface area contributed by atoms with E-state index in [0.717, 1.165) is 6.08 Å². The first kappa shape index (κ1) is 12.1. The standard InChI is InChI=1S/C8H10N2O4/c1-3-6(10-9)8(12)14-5-7(11)13-4-2/h3H,1,4-5H2,2H3. The Morgan fingerprint density at radius 2 is 2.14 bits per heavy atom. The number of esters is 2. The number of hydrogen-bond acceptors (Lipinski definition) is 4. The van der Waals surface area contributed by atoms with E-state index in [1.807, 2.05) is 0 Å². The van der Waals surface area contributed by atoms with Gasteiger partial charge in [0.1, 0.15) is 0 Å². The molecule has 0 aromatic rings. The predicted molar refractivity (Wildman–Crippen MR) is 46.4 cm³/mol. The Hall–Kier alpha value is -1.94. The molecule has 6 heteroatoms. The number of carbonyl (C=O) groups is 2. The second-order valence-corrected chi connectivity index (χ2v) is 2.07. The fraction of sp³-hybridized carbons (Fsp3) is 0.375. The topological polar surface area (TPSA) is 89.0 Å². The van der Waals surface area contributed by atoms with Crippen LogP contribution in [0.5, 0.6) is 0 Å². The van der Waals surface area contributed by atoms with Gasteiger partial charge in [-0.1, -0.05) is 6.58 Å². The molecule has 0 heterocycles. The van der Waals surface area contributed by atoms with E-state index in [2.05, 4.69) is 20.8 Å². The molecule has 0 atom stereocenters. The summed E-state index contributed by atoms with van der Waals surface area (Å²) < 4.78 is 8.92. The summed E-state index contributed by atoms with van der Waals surface area (Å²) in [5, 5.41) is 0. The molecule has 14 heavy (non-hydrogen) atoms. The highest BCUT2D eigenvalue weighted by atomic mass is 16.6. The van der Waals surface area contributed by atoms with Crippen LogP contribution in [0.25, 0.3) is 5.53 Å². The number of rotatable bonds is 5. The highest BCUT2D eigenvalue weighted by Crippen LogP contribution is 1.85. The molecule has 0 aliphatic carbocycles. The maximum Gasteiger partial charge on any atom is 0.422 e. The summed E-state index contributed by atoms with van der Waals surface area (Å²) >= 11 is 0. The van der Waals surface area contributed by atoms with Crippen molar-refractivity contribution in [2.24, 2.45) is 0 Å². The summed E-state index contributed by atoms with van der Waals surface area (Å²) in [6.45, 7) is 4.53. The molecule has 0 N–H and O–H groups in total. The summed E-state index contributed by atoms with van der Waals surface area (Å²) in [7, 11) is 0. The molecule has 0 rings (SSSR count). The third-order valence-corrected chi connectivity index (χ3v) is 1.14. The minimum absolute atomic E-state index is 0.207. The van der Waals surface area contributed by atoms with E-state index in [1.165, 1.54) is 0 Å². The van der Waals surface area contributed by atoms with E-state index in [1.54, 1.807) is 6.92 Å². The zero-order chi connectivity index (χ0) is 11.0. The van der Waals surface area contributed by atoms with Crippen molar-refractivity contribution in [3.63, 3.8) is 0 Å². The van der Waals surface area contributed by atoms with Gasteiger partial charge in [-0.3, -0.25) is 0 Å². The molecule has 0 aromatic heterocycles. The van der Waals surface area contributed by atoms with E-state index in [4.69, 9.17) is 5.53 Å². The molecule has 0 aliphatic rings. The number of nitrogens with zero attached hydrogens (tertiary/aromatic N) is 2. The molecule has 0 saturated heterocycles. The second kappa shape index (κ2) is 6.56. The second-order valence-electron chi connectivity index (χ2n) is 2.07. The monoisotopic (exact) mass is 198 g/mol. The van der Waals surface area contributed by atoms with E-state index < -0.39 is 18.5 Å². The van der Waals surface area contributed by atoms with E-state index in [9.17, 15) is 9.59 Å². The van der Waals surface area contributed by atoms with Gasteiger partial charge in [0.15, 0.2) is 6.61 Å². The zero-order valence-corrected chi connectivity index (χ0v) is 7.73. The van der Waals surface area contributed by atoms with Crippen molar-refractivity contribution in [2.45, 2.75) is 6.92 Å². The molecular formula is C8H10N2O4. The SMILES string of the molecule is C=CC(=[N+]=[N-])C(=O)OCC(=O)OCC. The van der Waals surface area contributed by atoms with Crippen LogP contribution < -0.4 is 0 Å². The van der Waals surface area contributed by atoms with Crippen molar-refractivity contribution in [3.8, 4) is 0 Å². The average Bonchev–Trinajstić information content (AvgIpc) is 2.17. The van der Waals surface area contributed by atoms with Crippen LogP contribution in [0.1, 0.15) is 6.92 Å². The predicted octanol–water partition coefficient (Wildman–Crippen LogP) is -0.0505. The van der Waals surface area contributed by atoms with Gasteiger partial charge in [-0.15, -0.1) is 0 Å². The lowest BCUT2D eigenvalue weighted by Crippen LogP contribution is -2.21. The van der Waals surface area contributed by atoms with Crippen molar-refractivity contribution in [2.75, 3.05) is 13.2 Å². The number of hydrogen-bond donors (Lipinski definition) is 0. The van der Waals surface area contributed by atoms with Gasteiger partial charge in [-0.25, -0.2) is 9.59 Å². The molecule has 0 fully saturated rings. The highest BCUT2D eigenvalue weighted by Gasteiger charge is 2.19. The molecule has 0 unspecified atom stereocenters. The van der Waals surface area contributed by atoms with Gasteiger partial charge in [0.2, 0.25) is 0 Å². The summed E-state index contributed by atoms with van der Waals surface area (Å²) in [6, 6.07) is 0. The van der Waals surface area contributed by atoms with Crippen LogP contribution in [-0.4, -0.2) is 35.7 Å². The normalized spacial score (nSPS) is 8.36. The highest BCUT2D eigenvalue weighted by molar-refractivity contribution is 6.38. The first-order valence-electron chi connectivity index (χ1n) is 3.83. The fourth-order valence-electron chi connectivity index (χ4n) is 0.566. The summed E-state index contributed by atoms with van der Waals surface area (Å²) in [4.78, 5) is 24.2. The van der Waals surface area contributed by atoms with Crippen molar-refractivity contribution < 1.29 is 23.9 Å². The smallest absolute Gasteiger partial charge is 0.422 e. The Morgan fingerprint density at radius 3 is 2.57 bits per heavy atom. The molecular weight excluding hydrogens is 188 g/mol. The van der Waals surface area contributed by atoms with Gasteiger partial charge >= 0.3 is 17.7 Å². The average molecular weight is 198 g/mol. The lowest BCUT2D eigenvalue weighted by molar-refractivity contribution is -0.156. The number of carbonyl (C=O) groups excluding carboxylic acids is 2. The first-order chi connectivity index (χ1) is 6.65. The Bertz CT molecular complexity index is 292. The van der Waals surface area contributed by atoms with Crippen LogP contribution in [0, 0.1) is 0 Å². The molecule has 0 radical (unpaired) electrons. The lowest BCUT2D eigenvalue weighted by Gasteiger charge is -2.00. The summed E-state index contributed by atoms with van der Waals surface area (Å²) in [6.07, 6.45) is 1.01. The number of ether oxygens (including phenoxy) is 2. The summed E-state index contributed by atoms with van der Waals surface area (Å²) in [5.74, 6) is -1.60. The van der Waals surface area contributed by atoms with Gasteiger partial charge in [0.05, 0.1) is 6.61 Å². The van der Waals surface area contributed by atoms with Crippen molar-refractivity contribution in [1.82, 2.24) is 0 Å². The lowest BCUT2D eigenvalue weighted by atomic mass is 10.4. The van der Waals surface area contributed by atoms with Crippen molar-refractivity contribution in [3.05, 3.63) is 18.2 Å². The van der Waals surface area contributed by atoms with Crippen LogP contribution in [0.15, 0.2) is 12.7 Å². The molecule has 0 spiro atoms. The maximum atomic E-state index is 10.9. The molecule has 0 aliphatic heterocycles. The Labute approximate surface area is 80.7 Å². The molecule has 0 aromatic carbocycles. The van der Waals surface area contributed by atoms with Gasteiger partial charge < -0.3 is 15.0 Å². The molecule has 76 valence electrons. The zero-order valence-electron chi connectivity index (χ0n) is 7.73. The van der Waals surface area contributed by atoms with Crippen LogP contribution in [0.4, 0.5) is 0 Å². The van der Waals surface area contributed by atoms with Gasteiger partial charge in [0, 0.05) is 6.08 Å². The first-order valence-corrected chi connectivity index (χ1v) is 3.83. The largest absolute Gasteiger partial charge is 0.463 e. The minimum Gasteiger partial charge on any atom is -0.463 e. The van der Waals surface area contributed by atoms with Crippen LogP contribution >= 0.6 is 0 Å². The molecule has 0 amide bonds. The van der Waals surface area contributed by atoms with Crippen LogP contribution in [-0.2, 0) is 19.1 Å². The van der Waals surface area contributed by atoms with Crippen LogP contribution in [0.3, 0.4) is 0 Å². The minimum atomic E-state index is -0.935. The van der Waals surface area contributed by atoms with Gasteiger partial charge in [-0.05, 0) is 6.92 Å². The van der Waals surface area contributed by atoms with E-state index in [-0.39, 0.29) is 12.3 Å². The molecule has 0 saturated carbocycles. The van der Waals surface area contributed by atoms with E-state index >= 15 is 0 Å². The van der Waals surface area contributed by atoms with E-state index in [0.29, 0.717) is 0 Å². The Kier molecular flexibility index (Phi) is 5.65. The van der Waals surface area contributed by atoms with Crippen LogP contribution in [0.2, 0.25) is 0 Å².